The van der Waals surface area contributed by atoms with E-state index in [1.54, 1.807) is 13.8 Å². The second-order valence-corrected chi connectivity index (χ2v) is 7.15. The van der Waals surface area contributed by atoms with Gasteiger partial charge in [-0.1, -0.05) is 13.8 Å². The van der Waals surface area contributed by atoms with Gasteiger partial charge in [0.15, 0.2) is 0 Å². The molecule has 0 saturated heterocycles. The molecule has 8 heteroatoms. The highest BCUT2D eigenvalue weighted by molar-refractivity contribution is 7.88. The van der Waals surface area contributed by atoms with Crippen molar-refractivity contribution < 1.29 is 21.0 Å². The van der Waals surface area contributed by atoms with Crippen LogP contribution >= 0.6 is 0 Å². The van der Waals surface area contributed by atoms with Gasteiger partial charge < -0.3 is 0 Å². The summed E-state index contributed by atoms with van der Waals surface area (Å²) in [7, 11) is -6.90. The zero-order valence-corrected chi connectivity index (χ0v) is 10.9. The fraction of sp³-hybridized carbons (Fsp3) is 1.00. The van der Waals surface area contributed by atoms with Gasteiger partial charge in [-0.25, -0.2) is 13.1 Å². The largest absolute Gasteiger partial charge is 0.269 e. The molecule has 0 radical (unpaired) electrons. The molecule has 15 heavy (non-hydrogen) atoms. The second kappa shape index (κ2) is 5.24. The lowest BCUT2D eigenvalue weighted by atomic mass is 10.1. The molecule has 0 amide bonds. The van der Waals surface area contributed by atoms with Crippen molar-refractivity contribution >= 4 is 20.1 Å². The van der Waals surface area contributed by atoms with Gasteiger partial charge in [-0.15, -0.1) is 0 Å². The average molecular weight is 259 g/mol. The third-order valence-electron chi connectivity index (χ3n) is 1.63. The van der Waals surface area contributed by atoms with Crippen LogP contribution in [0, 0.1) is 5.92 Å². The lowest BCUT2D eigenvalue weighted by Crippen LogP contribution is -2.41. The molecular formula is C7H17NO5S2. The zero-order chi connectivity index (χ0) is 12.3. The molecule has 0 fully saturated rings. The number of hydrogen-bond acceptors (Lipinski definition) is 5. The van der Waals surface area contributed by atoms with Crippen molar-refractivity contribution in [2.45, 2.75) is 19.9 Å². The van der Waals surface area contributed by atoms with E-state index >= 15 is 0 Å². The number of rotatable bonds is 6. The number of hydrogen-bond donors (Lipinski definition) is 1. The summed E-state index contributed by atoms with van der Waals surface area (Å²) in [5, 5.41) is 0. The van der Waals surface area contributed by atoms with Crippen LogP contribution in [0.25, 0.3) is 0 Å². The Bertz CT molecular complexity index is 384. The van der Waals surface area contributed by atoms with Crippen molar-refractivity contribution in [1.82, 2.24) is 4.72 Å². The molecule has 1 atom stereocenters. The standard InChI is InChI=1S/C7H17NO5S2/c1-6(2)7(8-14(3,9)10)5-13-15(4,11)12/h6-8H,5H2,1-4H3. The third-order valence-corrected chi connectivity index (χ3v) is 2.93. The van der Waals surface area contributed by atoms with E-state index in [-0.39, 0.29) is 12.5 Å². The Kier molecular flexibility index (Phi) is 5.18. The van der Waals surface area contributed by atoms with Crippen LogP contribution in [0.2, 0.25) is 0 Å². The molecule has 0 heterocycles. The molecule has 0 rings (SSSR count). The van der Waals surface area contributed by atoms with Gasteiger partial charge in [-0.3, -0.25) is 4.18 Å². The molecule has 0 aliphatic heterocycles. The average Bonchev–Trinajstić information content (AvgIpc) is 1.93. The molecule has 6 nitrogen and oxygen atoms in total. The Morgan fingerprint density at radius 3 is 1.87 bits per heavy atom. The first kappa shape index (κ1) is 14.8. The summed E-state index contributed by atoms with van der Waals surface area (Å²) in [5.74, 6) is -0.0542. The molecule has 0 aromatic rings. The normalized spacial score (nSPS) is 15.5. The van der Waals surface area contributed by atoms with Crippen LogP contribution < -0.4 is 4.72 Å². The zero-order valence-electron chi connectivity index (χ0n) is 9.22. The minimum atomic E-state index is -3.54. The highest BCUT2D eigenvalue weighted by atomic mass is 32.2. The summed E-state index contributed by atoms with van der Waals surface area (Å²) in [4.78, 5) is 0. The van der Waals surface area contributed by atoms with Gasteiger partial charge in [-0.2, -0.15) is 8.42 Å². The van der Waals surface area contributed by atoms with Crippen LogP contribution in [0.1, 0.15) is 13.8 Å². The molecule has 0 saturated carbocycles. The molecule has 0 aliphatic carbocycles. The SMILES string of the molecule is CC(C)C(COS(C)(=O)=O)NS(C)(=O)=O. The topological polar surface area (TPSA) is 89.5 Å². The van der Waals surface area contributed by atoms with Gasteiger partial charge in [0.1, 0.15) is 0 Å². The molecule has 92 valence electrons. The van der Waals surface area contributed by atoms with Gasteiger partial charge in [0.2, 0.25) is 10.0 Å². The summed E-state index contributed by atoms with van der Waals surface area (Å²) >= 11 is 0. The summed E-state index contributed by atoms with van der Waals surface area (Å²) < 4.78 is 50.2. The van der Waals surface area contributed by atoms with Crippen LogP contribution in [-0.2, 0) is 24.3 Å². The van der Waals surface area contributed by atoms with E-state index in [2.05, 4.69) is 8.91 Å². The van der Waals surface area contributed by atoms with E-state index in [1.165, 1.54) is 0 Å². The van der Waals surface area contributed by atoms with E-state index < -0.39 is 26.2 Å². The fourth-order valence-electron chi connectivity index (χ4n) is 0.834. The molecule has 1 N–H and O–H groups in total. The van der Waals surface area contributed by atoms with E-state index in [1.807, 2.05) is 0 Å². The molecule has 0 spiro atoms. The molecule has 0 aromatic heterocycles. The lowest BCUT2D eigenvalue weighted by molar-refractivity contribution is 0.255. The van der Waals surface area contributed by atoms with Crippen molar-refractivity contribution in [2.24, 2.45) is 5.92 Å². The maximum absolute atomic E-state index is 11.0. The van der Waals surface area contributed by atoms with Gasteiger partial charge in [0, 0.05) is 6.04 Å². The van der Waals surface area contributed by atoms with Crippen LogP contribution in [-0.4, -0.2) is 42.0 Å². The first-order chi connectivity index (χ1) is 6.51. The summed E-state index contributed by atoms with van der Waals surface area (Å²) in [6.45, 7) is 3.35. The van der Waals surface area contributed by atoms with Crippen molar-refractivity contribution in [3.8, 4) is 0 Å². The first-order valence-electron chi connectivity index (χ1n) is 4.33. The lowest BCUT2D eigenvalue weighted by Gasteiger charge is -2.20. The van der Waals surface area contributed by atoms with Crippen molar-refractivity contribution in [3.05, 3.63) is 0 Å². The van der Waals surface area contributed by atoms with Crippen molar-refractivity contribution in [2.75, 3.05) is 19.1 Å². The molecule has 0 aromatic carbocycles. The Hall–Kier alpha value is -0.180. The van der Waals surface area contributed by atoms with Gasteiger partial charge in [0.05, 0.1) is 19.1 Å². The Labute approximate surface area is 91.2 Å². The predicted octanol–water partition coefficient (Wildman–Crippen LogP) is -0.464. The van der Waals surface area contributed by atoms with Gasteiger partial charge in [0.25, 0.3) is 10.1 Å². The van der Waals surface area contributed by atoms with E-state index in [9.17, 15) is 16.8 Å². The van der Waals surface area contributed by atoms with Crippen LogP contribution in [0.5, 0.6) is 0 Å². The minimum absolute atomic E-state index is 0.0542. The smallest absolute Gasteiger partial charge is 0.264 e. The fourth-order valence-corrected chi connectivity index (χ4v) is 2.12. The number of sulfonamides is 1. The molecule has 0 bridgehead atoms. The highest BCUT2D eigenvalue weighted by Crippen LogP contribution is 2.04. The second-order valence-electron chi connectivity index (χ2n) is 3.73. The maximum Gasteiger partial charge on any atom is 0.264 e. The summed E-state index contributed by atoms with van der Waals surface area (Å²) in [6, 6.07) is -0.547. The van der Waals surface area contributed by atoms with E-state index in [0.29, 0.717) is 0 Å². The van der Waals surface area contributed by atoms with Gasteiger partial charge in [-0.05, 0) is 5.92 Å². The molecular weight excluding hydrogens is 242 g/mol. The van der Waals surface area contributed by atoms with Gasteiger partial charge >= 0.3 is 0 Å². The Morgan fingerprint density at radius 1 is 1.13 bits per heavy atom. The summed E-state index contributed by atoms with van der Waals surface area (Å²) in [5.41, 5.74) is 0. The predicted molar refractivity (Wildman–Crippen MR) is 57.4 cm³/mol. The summed E-state index contributed by atoms with van der Waals surface area (Å²) in [6.07, 6.45) is 1.94. The monoisotopic (exact) mass is 259 g/mol. The Balaban J connectivity index is 4.44. The highest BCUT2D eigenvalue weighted by Gasteiger charge is 2.19. The van der Waals surface area contributed by atoms with Crippen molar-refractivity contribution in [3.63, 3.8) is 0 Å². The third kappa shape index (κ3) is 8.79. The van der Waals surface area contributed by atoms with Crippen molar-refractivity contribution in [1.29, 1.82) is 0 Å². The molecule has 1 unspecified atom stereocenters. The first-order valence-corrected chi connectivity index (χ1v) is 8.04. The number of nitrogens with one attached hydrogen (secondary N) is 1. The van der Waals surface area contributed by atoms with Crippen LogP contribution in [0.15, 0.2) is 0 Å². The maximum atomic E-state index is 11.0. The van der Waals surface area contributed by atoms with E-state index in [4.69, 9.17) is 0 Å². The van der Waals surface area contributed by atoms with Crippen LogP contribution in [0.3, 0.4) is 0 Å². The minimum Gasteiger partial charge on any atom is -0.269 e. The molecule has 0 aliphatic rings. The van der Waals surface area contributed by atoms with E-state index in [0.717, 1.165) is 12.5 Å². The van der Waals surface area contributed by atoms with Crippen LogP contribution in [0.4, 0.5) is 0 Å². The quantitative estimate of drug-likeness (QED) is 0.652. The Morgan fingerprint density at radius 2 is 1.60 bits per heavy atom.